The van der Waals surface area contributed by atoms with E-state index in [0.29, 0.717) is 18.4 Å². The number of aromatic hydroxyl groups is 1. The lowest BCUT2D eigenvalue weighted by Gasteiger charge is -2.33. The molecule has 1 fully saturated rings. The summed E-state index contributed by atoms with van der Waals surface area (Å²) >= 11 is 1.78. The van der Waals surface area contributed by atoms with Crippen molar-refractivity contribution in [2.45, 2.75) is 44.5 Å². The highest BCUT2D eigenvalue weighted by atomic mass is 32.1. The number of hydrogen-bond acceptors (Lipinski definition) is 5. The van der Waals surface area contributed by atoms with E-state index in [1.54, 1.807) is 17.4 Å². The third kappa shape index (κ3) is 3.87. The summed E-state index contributed by atoms with van der Waals surface area (Å²) in [6.07, 6.45) is 0.298. The number of aliphatic hydroxyl groups is 2. The summed E-state index contributed by atoms with van der Waals surface area (Å²) in [7, 11) is 0. The molecule has 1 saturated heterocycles. The van der Waals surface area contributed by atoms with Crippen LogP contribution in [0.1, 0.15) is 40.5 Å². The smallest absolute Gasteiger partial charge is 0.121 e. The molecule has 0 radical (unpaired) electrons. The van der Waals surface area contributed by atoms with Gasteiger partial charge in [-0.1, -0.05) is 18.2 Å². The van der Waals surface area contributed by atoms with E-state index in [0.717, 1.165) is 17.5 Å². The average molecular weight is 384 g/mol. The molecule has 0 saturated carbocycles. The Bertz CT molecular complexity index is 916. The van der Waals surface area contributed by atoms with Crippen molar-refractivity contribution in [1.82, 2.24) is 0 Å². The predicted octanol–water partition coefficient (Wildman–Crippen LogP) is 4.08. The van der Waals surface area contributed by atoms with Crippen LogP contribution in [0.5, 0.6) is 5.75 Å². The predicted molar refractivity (Wildman–Crippen MR) is 107 cm³/mol. The summed E-state index contributed by atoms with van der Waals surface area (Å²) in [6.45, 7) is 1.87. The zero-order valence-corrected chi connectivity index (χ0v) is 16.1. The first-order valence-electron chi connectivity index (χ1n) is 9.27. The van der Waals surface area contributed by atoms with Gasteiger partial charge in [-0.3, -0.25) is 0 Å². The average Bonchev–Trinajstić information content (AvgIpc) is 3.05. The van der Waals surface area contributed by atoms with Crippen molar-refractivity contribution in [2.75, 3.05) is 6.61 Å². The van der Waals surface area contributed by atoms with Gasteiger partial charge in [0.05, 0.1) is 24.9 Å². The van der Waals surface area contributed by atoms with Crippen LogP contribution in [0.4, 0.5) is 0 Å². The van der Waals surface area contributed by atoms with E-state index in [1.165, 1.54) is 15.0 Å². The van der Waals surface area contributed by atoms with Crippen molar-refractivity contribution in [3.8, 4) is 5.75 Å². The maximum Gasteiger partial charge on any atom is 0.121 e. The zero-order valence-electron chi connectivity index (χ0n) is 15.3. The summed E-state index contributed by atoms with van der Waals surface area (Å²) in [4.78, 5) is 1.27. The second-order valence-corrected chi connectivity index (χ2v) is 8.49. The van der Waals surface area contributed by atoms with Gasteiger partial charge in [0.25, 0.3) is 0 Å². The number of phenols is 1. The first kappa shape index (κ1) is 18.4. The fourth-order valence-corrected chi connectivity index (χ4v) is 4.91. The molecule has 2 aromatic carbocycles. The van der Waals surface area contributed by atoms with Crippen LogP contribution in [0.3, 0.4) is 0 Å². The number of rotatable bonds is 4. The maximum atomic E-state index is 10.5. The molecule has 5 heteroatoms. The van der Waals surface area contributed by atoms with E-state index < -0.39 is 18.3 Å². The summed E-state index contributed by atoms with van der Waals surface area (Å²) in [5, 5.41) is 31.2. The molecule has 0 bridgehead atoms. The van der Waals surface area contributed by atoms with Crippen molar-refractivity contribution in [3.05, 3.63) is 64.0 Å². The van der Waals surface area contributed by atoms with Gasteiger partial charge >= 0.3 is 0 Å². The van der Waals surface area contributed by atoms with Crippen LogP contribution in [0.25, 0.3) is 10.1 Å². The third-order valence-corrected chi connectivity index (χ3v) is 6.37. The Morgan fingerprint density at radius 2 is 1.96 bits per heavy atom. The lowest BCUT2D eigenvalue weighted by atomic mass is 9.92. The molecule has 3 N–H and O–H groups in total. The first-order valence-corrected chi connectivity index (χ1v) is 10.1. The van der Waals surface area contributed by atoms with Gasteiger partial charge in [0, 0.05) is 34.4 Å². The van der Waals surface area contributed by atoms with E-state index in [9.17, 15) is 15.3 Å². The first-order chi connectivity index (χ1) is 13.0. The van der Waals surface area contributed by atoms with Gasteiger partial charge in [-0.05, 0) is 47.7 Å². The molecule has 142 valence electrons. The van der Waals surface area contributed by atoms with Gasteiger partial charge in [-0.15, -0.1) is 11.3 Å². The number of thiophene rings is 1. The molecular weight excluding hydrogens is 360 g/mol. The number of aliphatic hydroxyl groups excluding tert-OH is 2. The Kier molecular flexibility index (Phi) is 5.19. The van der Waals surface area contributed by atoms with Crippen LogP contribution in [0.15, 0.2) is 42.5 Å². The number of fused-ring (bicyclic) bond motifs is 1. The minimum absolute atomic E-state index is 0.130. The van der Waals surface area contributed by atoms with E-state index in [2.05, 4.69) is 24.3 Å². The standard InChI is InChI=1S/C22H24O4S/c1-13-6-20(25)19(21-11-16(24)10-17(12-23)26-21)9-15(13)8-18-7-14-4-2-3-5-22(14)27-18/h2-7,9,16-17,21,23-25H,8,10-12H2,1H3/t16?,17-,21+/m0/s1. The van der Waals surface area contributed by atoms with Crippen molar-refractivity contribution in [3.63, 3.8) is 0 Å². The largest absolute Gasteiger partial charge is 0.508 e. The molecule has 3 aromatic rings. The molecule has 27 heavy (non-hydrogen) atoms. The summed E-state index contributed by atoms with van der Waals surface area (Å²) in [6, 6.07) is 14.3. The molecule has 1 aliphatic heterocycles. The van der Waals surface area contributed by atoms with E-state index >= 15 is 0 Å². The van der Waals surface area contributed by atoms with Gasteiger partial charge in [-0.2, -0.15) is 0 Å². The highest BCUT2D eigenvalue weighted by Crippen LogP contribution is 2.38. The molecule has 4 nitrogen and oxygen atoms in total. The van der Waals surface area contributed by atoms with Gasteiger partial charge < -0.3 is 20.1 Å². The molecule has 0 spiro atoms. The van der Waals surface area contributed by atoms with E-state index in [-0.39, 0.29) is 12.4 Å². The minimum Gasteiger partial charge on any atom is -0.508 e. The fourth-order valence-electron chi connectivity index (χ4n) is 3.82. The number of aryl methyl sites for hydroxylation is 1. The highest BCUT2D eigenvalue weighted by molar-refractivity contribution is 7.19. The van der Waals surface area contributed by atoms with Crippen LogP contribution >= 0.6 is 11.3 Å². The SMILES string of the molecule is Cc1cc(O)c([C@H]2CC(O)C[C@@H](CO)O2)cc1Cc1cc2ccccc2s1. The topological polar surface area (TPSA) is 69.9 Å². The molecule has 3 atom stereocenters. The number of phenolic OH excluding ortho intramolecular Hbond substituents is 1. The van der Waals surface area contributed by atoms with Gasteiger partial charge in [-0.25, -0.2) is 0 Å². The molecule has 0 aliphatic carbocycles. The second kappa shape index (κ2) is 7.60. The lowest BCUT2D eigenvalue weighted by molar-refractivity contribution is -0.114. The molecule has 0 amide bonds. The minimum atomic E-state index is -0.535. The third-order valence-electron chi connectivity index (χ3n) is 5.25. The highest BCUT2D eigenvalue weighted by Gasteiger charge is 2.30. The molecule has 1 aliphatic rings. The summed E-state index contributed by atoms with van der Waals surface area (Å²) in [5.74, 6) is 0.184. The molecule has 1 unspecified atom stereocenters. The van der Waals surface area contributed by atoms with Crippen molar-refractivity contribution >= 4 is 21.4 Å². The van der Waals surface area contributed by atoms with E-state index in [1.807, 2.05) is 19.1 Å². The molecule has 2 heterocycles. The normalized spacial score (nSPS) is 23.0. The van der Waals surface area contributed by atoms with Crippen LogP contribution in [-0.4, -0.2) is 34.1 Å². The van der Waals surface area contributed by atoms with Crippen molar-refractivity contribution in [1.29, 1.82) is 0 Å². The Balaban J connectivity index is 1.64. The van der Waals surface area contributed by atoms with Gasteiger partial charge in [0.2, 0.25) is 0 Å². The van der Waals surface area contributed by atoms with Crippen LogP contribution in [-0.2, 0) is 11.2 Å². The van der Waals surface area contributed by atoms with Crippen LogP contribution in [0.2, 0.25) is 0 Å². The monoisotopic (exact) mass is 384 g/mol. The molecule has 1 aromatic heterocycles. The number of ether oxygens (including phenoxy) is 1. The Morgan fingerprint density at radius 3 is 2.74 bits per heavy atom. The van der Waals surface area contributed by atoms with Crippen LogP contribution in [0, 0.1) is 6.92 Å². The van der Waals surface area contributed by atoms with Crippen molar-refractivity contribution in [2.24, 2.45) is 0 Å². The fraction of sp³-hybridized carbons (Fsp3) is 0.364. The molecule has 4 rings (SSSR count). The van der Waals surface area contributed by atoms with E-state index in [4.69, 9.17) is 4.74 Å². The quantitative estimate of drug-likeness (QED) is 0.634. The van der Waals surface area contributed by atoms with Crippen molar-refractivity contribution < 1.29 is 20.1 Å². The zero-order chi connectivity index (χ0) is 19.0. The molecular formula is C22H24O4S. The Hall–Kier alpha value is -1.92. The van der Waals surface area contributed by atoms with Crippen LogP contribution < -0.4 is 0 Å². The Labute approximate surface area is 162 Å². The summed E-state index contributed by atoms with van der Waals surface area (Å²) in [5.41, 5.74) is 2.86. The van der Waals surface area contributed by atoms with Gasteiger partial charge in [0.15, 0.2) is 0 Å². The number of hydrogen-bond donors (Lipinski definition) is 3. The van der Waals surface area contributed by atoms with Gasteiger partial charge in [0.1, 0.15) is 5.75 Å². The maximum absolute atomic E-state index is 10.5. The lowest BCUT2D eigenvalue weighted by Crippen LogP contribution is -2.33. The second-order valence-electron chi connectivity index (χ2n) is 7.32. The number of benzene rings is 2. The Morgan fingerprint density at radius 1 is 1.15 bits per heavy atom. The summed E-state index contributed by atoms with van der Waals surface area (Å²) < 4.78 is 7.17.